The van der Waals surface area contributed by atoms with Gasteiger partial charge in [-0.05, 0) is 0 Å². The monoisotopic (exact) mass is 447 g/mol. The van der Waals surface area contributed by atoms with Crippen molar-refractivity contribution in [1.29, 1.82) is 0 Å². The molecule has 5 heteroatoms. The second-order valence-corrected chi connectivity index (χ2v) is 21.5. The number of hydrogen-bond acceptors (Lipinski definition) is 2. The summed E-state index contributed by atoms with van der Waals surface area (Å²) in [6.45, 7) is 6.79. The molecule has 1 aromatic carbocycles. The van der Waals surface area contributed by atoms with E-state index in [-0.39, 0.29) is 4.90 Å². The molecule has 0 bridgehead atoms. The molecule has 0 saturated heterocycles. The molecule has 0 aromatic heterocycles. The number of nitrogens with two attached hydrogens (primary N) is 1. The van der Waals surface area contributed by atoms with E-state index in [1.807, 2.05) is 0 Å². The summed E-state index contributed by atoms with van der Waals surface area (Å²) in [7, 11) is -3.59. The number of rotatable bonds is 11. The molecule has 0 fully saturated rings. The van der Waals surface area contributed by atoms with Gasteiger partial charge in [0, 0.05) is 0 Å². The van der Waals surface area contributed by atoms with Crippen molar-refractivity contribution in [1.82, 2.24) is 0 Å². The Labute approximate surface area is 147 Å². The molecule has 0 unspecified atom stereocenters. The molecule has 0 atom stereocenters. The third-order valence-electron chi connectivity index (χ3n) is 4.82. The molecule has 1 aromatic rings. The first-order valence-corrected chi connectivity index (χ1v) is 18.1. The minimum atomic E-state index is -3.59. The van der Waals surface area contributed by atoms with Crippen molar-refractivity contribution < 1.29 is 8.42 Å². The van der Waals surface area contributed by atoms with Crippen LogP contribution < -0.4 is 8.72 Å². The van der Waals surface area contributed by atoms with Crippen molar-refractivity contribution in [3.63, 3.8) is 0 Å². The fourth-order valence-corrected chi connectivity index (χ4v) is 19.8. The van der Waals surface area contributed by atoms with Crippen molar-refractivity contribution >= 4 is 32.0 Å². The Morgan fingerprint density at radius 3 is 1.52 bits per heavy atom. The van der Waals surface area contributed by atoms with E-state index < -0.39 is 28.4 Å². The molecule has 1 rings (SSSR count). The summed E-state index contributed by atoms with van der Waals surface area (Å²) >= 11 is -2.44. The molecule has 0 amide bonds. The molecule has 23 heavy (non-hydrogen) atoms. The molecule has 0 saturated carbocycles. The zero-order chi connectivity index (χ0) is 17.3. The summed E-state index contributed by atoms with van der Waals surface area (Å²) in [5, 5.41) is 5.25. The van der Waals surface area contributed by atoms with Crippen LogP contribution in [0, 0.1) is 0 Å². The van der Waals surface area contributed by atoms with Crippen LogP contribution in [0.1, 0.15) is 59.3 Å². The van der Waals surface area contributed by atoms with Gasteiger partial charge in [0.05, 0.1) is 0 Å². The predicted molar refractivity (Wildman–Crippen MR) is 102 cm³/mol. The van der Waals surface area contributed by atoms with E-state index in [2.05, 4.69) is 32.9 Å². The van der Waals surface area contributed by atoms with E-state index in [1.165, 1.54) is 55.4 Å². The number of unbranched alkanes of at least 4 members (excludes halogenated alkanes) is 3. The molecule has 0 aliphatic rings. The molecule has 2 N–H and O–H groups in total. The zero-order valence-corrected chi connectivity index (χ0v) is 18.6. The van der Waals surface area contributed by atoms with E-state index in [0.717, 1.165) is 0 Å². The minimum absolute atomic E-state index is 0.239. The molecular formula is C18H33NO2SSn. The van der Waals surface area contributed by atoms with E-state index in [4.69, 9.17) is 5.14 Å². The van der Waals surface area contributed by atoms with Gasteiger partial charge in [0.1, 0.15) is 0 Å². The van der Waals surface area contributed by atoms with Gasteiger partial charge in [-0.1, -0.05) is 0 Å². The summed E-state index contributed by atoms with van der Waals surface area (Å²) in [5.41, 5.74) is 0. The van der Waals surface area contributed by atoms with Crippen LogP contribution in [0.3, 0.4) is 0 Å². The topological polar surface area (TPSA) is 60.2 Å². The van der Waals surface area contributed by atoms with E-state index in [1.54, 1.807) is 12.1 Å². The quantitative estimate of drug-likeness (QED) is 0.513. The maximum absolute atomic E-state index is 11.5. The van der Waals surface area contributed by atoms with Crippen molar-refractivity contribution in [2.45, 2.75) is 77.5 Å². The SMILES string of the molecule is CCC[CH2][Sn]([CH2]CCC)([CH2]CCC)[c]1ccc(S(N)(=O)=O)cc1. The third kappa shape index (κ3) is 6.39. The predicted octanol–water partition coefficient (Wildman–Crippen LogP) is 4.39. The number of primary sulfonamides is 1. The standard InChI is InChI=1S/C6H6NO2S.3C4H9.Sn/c7-10(8,9)6-4-2-1-3-5-6;3*1-3-4-2;/h2-5H,(H2,7,8,9);3*1,3-4H2,2H3;. The molecule has 0 radical (unpaired) electrons. The van der Waals surface area contributed by atoms with Crippen LogP contribution in [0.2, 0.25) is 13.3 Å². The molecule has 3 nitrogen and oxygen atoms in total. The van der Waals surface area contributed by atoms with Crippen LogP contribution in [0.5, 0.6) is 0 Å². The summed E-state index contributed by atoms with van der Waals surface area (Å²) < 4.78 is 28.7. The number of hydrogen-bond donors (Lipinski definition) is 1. The van der Waals surface area contributed by atoms with Crippen molar-refractivity contribution in [2.24, 2.45) is 5.14 Å². The van der Waals surface area contributed by atoms with E-state index in [0.29, 0.717) is 0 Å². The summed E-state index contributed by atoms with van der Waals surface area (Å²) in [6.07, 6.45) is 7.64. The maximum atomic E-state index is 11.5. The zero-order valence-electron chi connectivity index (χ0n) is 15.0. The summed E-state index contributed by atoms with van der Waals surface area (Å²) in [5.74, 6) is 0. The average Bonchev–Trinajstić information content (AvgIpc) is 2.54. The molecule has 0 heterocycles. The fraction of sp³-hybridized carbons (Fsp3) is 0.667. The van der Waals surface area contributed by atoms with Crippen LogP contribution in [0.4, 0.5) is 0 Å². The van der Waals surface area contributed by atoms with Gasteiger partial charge in [0.25, 0.3) is 0 Å². The summed E-state index contributed by atoms with van der Waals surface area (Å²) in [6, 6.07) is 7.61. The molecule has 0 aliphatic carbocycles. The number of benzene rings is 1. The molecule has 0 spiro atoms. The molecule has 132 valence electrons. The first-order valence-electron chi connectivity index (χ1n) is 9.03. The van der Waals surface area contributed by atoms with Crippen LogP contribution in [-0.4, -0.2) is 26.8 Å². The number of sulfonamides is 1. The van der Waals surface area contributed by atoms with E-state index in [9.17, 15) is 8.42 Å². The molecular weight excluding hydrogens is 413 g/mol. The second-order valence-electron chi connectivity index (χ2n) is 6.66. The Kier molecular flexibility index (Phi) is 9.16. The van der Waals surface area contributed by atoms with Gasteiger partial charge in [0.15, 0.2) is 0 Å². The Morgan fingerprint density at radius 1 is 0.826 bits per heavy atom. The second kappa shape index (κ2) is 10.0. The van der Waals surface area contributed by atoms with Gasteiger partial charge < -0.3 is 0 Å². The normalized spacial score (nSPS) is 12.5. The first-order chi connectivity index (χ1) is 10.9. The van der Waals surface area contributed by atoms with Gasteiger partial charge in [-0.15, -0.1) is 0 Å². The van der Waals surface area contributed by atoms with Crippen LogP contribution in [-0.2, 0) is 10.0 Å². The Balaban J connectivity index is 3.17. The van der Waals surface area contributed by atoms with Crippen molar-refractivity contribution in [3.05, 3.63) is 24.3 Å². The van der Waals surface area contributed by atoms with Crippen LogP contribution >= 0.6 is 0 Å². The van der Waals surface area contributed by atoms with Crippen molar-refractivity contribution in [3.8, 4) is 0 Å². The van der Waals surface area contributed by atoms with Gasteiger partial charge in [0.2, 0.25) is 0 Å². The van der Waals surface area contributed by atoms with E-state index >= 15 is 0 Å². The third-order valence-corrected chi connectivity index (χ3v) is 21.4. The average molecular weight is 446 g/mol. The fourth-order valence-electron chi connectivity index (χ4n) is 3.35. The van der Waals surface area contributed by atoms with Gasteiger partial charge in [-0.2, -0.15) is 0 Å². The Morgan fingerprint density at radius 2 is 1.22 bits per heavy atom. The van der Waals surface area contributed by atoms with Gasteiger partial charge in [-0.25, -0.2) is 0 Å². The summed E-state index contributed by atoms with van der Waals surface area (Å²) in [4.78, 5) is 0.239. The van der Waals surface area contributed by atoms with Crippen LogP contribution in [0.15, 0.2) is 29.2 Å². The van der Waals surface area contributed by atoms with Gasteiger partial charge in [-0.3, -0.25) is 0 Å². The Bertz CT molecular complexity index is 533. The van der Waals surface area contributed by atoms with Crippen LogP contribution in [0.25, 0.3) is 0 Å². The van der Waals surface area contributed by atoms with Gasteiger partial charge >= 0.3 is 147 Å². The van der Waals surface area contributed by atoms with Crippen molar-refractivity contribution in [2.75, 3.05) is 0 Å². The first kappa shape index (κ1) is 21.0. The molecule has 0 aliphatic heterocycles. The Hall–Kier alpha value is -0.0713.